The fourth-order valence-electron chi connectivity index (χ4n) is 2.52. The Morgan fingerprint density at radius 1 is 0.684 bits per heavy atom. The summed E-state index contributed by atoms with van der Waals surface area (Å²) in [5, 5.41) is 0. The average molecular weight is 259 g/mol. The Bertz CT molecular complexity index is 296. The van der Waals surface area contributed by atoms with E-state index in [1.165, 1.54) is 76.2 Å². The van der Waals surface area contributed by atoms with E-state index < -0.39 is 0 Å². The van der Waals surface area contributed by atoms with Gasteiger partial charge in [0.05, 0.1) is 0 Å². The lowest BCUT2D eigenvalue weighted by atomic mass is 10.0. The summed E-state index contributed by atoms with van der Waals surface area (Å²) in [6, 6.07) is 8.67. The normalized spacial score (nSPS) is 10.8. The topological polar surface area (TPSA) is 0 Å². The molecule has 1 radical (unpaired) electrons. The number of hydrogen-bond donors (Lipinski definition) is 0. The first-order chi connectivity index (χ1) is 9.33. The van der Waals surface area contributed by atoms with Crippen molar-refractivity contribution in [2.45, 2.75) is 77.6 Å². The Hall–Kier alpha value is -0.780. The molecule has 0 heterocycles. The fourth-order valence-corrected chi connectivity index (χ4v) is 2.52. The highest BCUT2D eigenvalue weighted by Crippen LogP contribution is 2.12. The lowest BCUT2D eigenvalue weighted by Gasteiger charge is -2.03. The first-order valence-electron chi connectivity index (χ1n) is 8.24. The lowest BCUT2D eigenvalue weighted by molar-refractivity contribution is 0.556. The van der Waals surface area contributed by atoms with E-state index in [4.69, 9.17) is 0 Å². The molecule has 0 aliphatic carbocycles. The van der Waals surface area contributed by atoms with Crippen LogP contribution in [0, 0.1) is 6.92 Å². The van der Waals surface area contributed by atoms with Crippen molar-refractivity contribution in [2.75, 3.05) is 0 Å². The molecule has 107 valence electrons. The molecule has 0 aliphatic heterocycles. The zero-order chi connectivity index (χ0) is 13.8. The van der Waals surface area contributed by atoms with Crippen LogP contribution in [0.2, 0.25) is 0 Å². The van der Waals surface area contributed by atoms with Gasteiger partial charge in [-0.25, -0.2) is 0 Å². The molecule has 0 N–H and O–H groups in total. The highest BCUT2D eigenvalue weighted by Gasteiger charge is 1.95. The van der Waals surface area contributed by atoms with Crippen LogP contribution in [0.1, 0.15) is 82.3 Å². The zero-order valence-corrected chi connectivity index (χ0v) is 12.8. The van der Waals surface area contributed by atoms with Gasteiger partial charge in [0.1, 0.15) is 0 Å². The minimum Gasteiger partial charge on any atom is -0.0654 e. The molecule has 0 fully saturated rings. The van der Waals surface area contributed by atoms with E-state index in [1.54, 1.807) is 0 Å². The van der Waals surface area contributed by atoms with Gasteiger partial charge in [0, 0.05) is 0 Å². The standard InChI is InChI=1S/C19H31/c1-3-4-5-6-7-8-9-10-11-12-13-19-16-14-18(2)15-17-19/h14-17H,2-13H2,1H3. The summed E-state index contributed by atoms with van der Waals surface area (Å²) in [7, 11) is 0. The molecule has 0 aliphatic rings. The summed E-state index contributed by atoms with van der Waals surface area (Å²) in [6.45, 7) is 6.20. The van der Waals surface area contributed by atoms with E-state index in [0.29, 0.717) is 0 Å². The molecule has 19 heavy (non-hydrogen) atoms. The number of rotatable bonds is 11. The van der Waals surface area contributed by atoms with Crippen molar-refractivity contribution in [1.82, 2.24) is 0 Å². The van der Waals surface area contributed by atoms with Crippen LogP contribution in [-0.2, 0) is 6.42 Å². The lowest BCUT2D eigenvalue weighted by Crippen LogP contribution is -1.87. The molecule has 0 unspecified atom stereocenters. The SMILES string of the molecule is [CH2]c1ccc(CCCCCCCCCCCC)cc1. The summed E-state index contributed by atoms with van der Waals surface area (Å²) in [4.78, 5) is 0. The van der Waals surface area contributed by atoms with Crippen LogP contribution in [0.4, 0.5) is 0 Å². The van der Waals surface area contributed by atoms with Crippen LogP contribution in [0.15, 0.2) is 24.3 Å². The molecule has 0 saturated carbocycles. The van der Waals surface area contributed by atoms with E-state index >= 15 is 0 Å². The molecule has 1 aromatic rings. The number of unbranched alkanes of at least 4 members (excludes halogenated alkanes) is 9. The third-order valence-electron chi connectivity index (χ3n) is 3.84. The van der Waals surface area contributed by atoms with Gasteiger partial charge in [-0.15, -0.1) is 0 Å². The quantitative estimate of drug-likeness (QED) is 0.407. The first kappa shape index (κ1) is 16.3. The molecule has 0 saturated heterocycles. The van der Waals surface area contributed by atoms with Crippen molar-refractivity contribution in [1.29, 1.82) is 0 Å². The summed E-state index contributed by atoms with van der Waals surface area (Å²) in [5.74, 6) is 0. The monoisotopic (exact) mass is 259 g/mol. The fraction of sp³-hybridized carbons (Fsp3) is 0.632. The summed E-state index contributed by atoms with van der Waals surface area (Å²) < 4.78 is 0. The van der Waals surface area contributed by atoms with Crippen molar-refractivity contribution in [2.24, 2.45) is 0 Å². The predicted molar refractivity (Wildman–Crippen MR) is 86.4 cm³/mol. The van der Waals surface area contributed by atoms with Gasteiger partial charge in [-0.05, 0) is 30.9 Å². The van der Waals surface area contributed by atoms with Crippen molar-refractivity contribution in [3.05, 3.63) is 42.3 Å². The average Bonchev–Trinajstić information content (AvgIpc) is 2.43. The summed E-state index contributed by atoms with van der Waals surface area (Å²) >= 11 is 0. The Morgan fingerprint density at radius 3 is 1.68 bits per heavy atom. The molecule has 0 spiro atoms. The van der Waals surface area contributed by atoms with Gasteiger partial charge in [-0.3, -0.25) is 0 Å². The second kappa shape index (κ2) is 11.1. The largest absolute Gasteiger partial charge is 0.0654 e. The van der Waals surface area contributed by atoms with Gasteiger partial charge in [0.15, 0.2) is 0 Å². The summed E-state index contributed by atoms with van der Waals surface area (Å²) in [6.07, 6.45) is 15.4. The Morgan fingerprint density at radius 2 is 1.16 bits per heavy atom. The molecular weight excluding hydrogens is 228 g/mol. The van der Waals surface area contributed by atoms with E-state index in [-0.39, 0.29) is 0 Å². The van der Waals surface area contributed by atoms with Crippen LogP contribution in [0.5, 0.6) is 0 Å². The Balaban J connectivity index is 1.87. The van der Waals surface area contributed by atoms with Gasteiger partial charge < -0.3 is 0 Å². The minimum absolute atomic E-state index is 1.12. The highest BCUT2D eigenvalue weighted by atomic mass is 14.0. The molecule has 1 aromatic carbocycles. The maximum Gasteiger partial charge on any atom is -0.0238 e. The molecular formula is C19H31. The van der Waals surface area contributed by atoms with Crippen molar-refractivity contribution < 1.29 is 0 Å². The van der Waals surface area contributed by atoms with Gasteiger partial charge in [0.25, 0.3) is 0 Å². The van der Waals surface area contributed by atoms with Gasteiger partial charge >= 0.3 is 0 Å². The molecule has 0 nitrogen and oxygen atoms in total. The van der Waals surface area contributed by atoms with Gasteiger partial charge in [-0.2, -0.15) is 0 Å². The second-order valence-corrected chi connectivity index (χ2v) is 5.75. The Labute approximate surface area is 120 Å². The smallest absolute Gasteiger partial charge is 0.0238 e. The van der Waals surface area contributed by atoms with Crippen LogP contribution < -0.4 is 0 Å². The molecule has 0 heteroatoms. The van der Waals surface area contributed by atoms with Crippen LogP contribution >= 0.6 is 0 Å². The predicted octanol–water partition coefficient (Wildman–Crippen LogP) is 6.33. The minimum atomic E-state index is 1.12. The molecule has 1 rings (SSSR count). The number of aryl methyl sites for hydroxylation is 1. The maximum absolute atomic E-state index is 3.92. The van der Waals surface area contributed by atoms with E-state index in [9.17, 15) is 0 Å². The molecule has 0 bridgehead atoms. The maximum atomic E-state index is 3.92. The van der Waals surface area contributed by atoms with Crippen molar-refractivity contribution in [3.8, 4) is 0 Å². The van der Waals surface area contributed by atoms with Crippen molar-refractivity contribution in [3.63, 3.8) is 0 Å². The van der Waals surface area contributed by atoms with Gasteiger partial charge in [-0.1, -0.05) is 89.0 Å². The van der Waals surface area contributed by atoms with Crippen LogP contribution in [0.25, 0.3) is 0 Å². The van der Waals surface area contributed by atoms with E-state index in [1.807, 2.05) is 0 Å². The third kappa shape index (κ3) is 8.86. The molecule has 0 atom stereocenters. The first-order valence-corrected chi connectivity index (χ1v) is 8.24. The highest BCUT2D eigenvalue weighted by molar-refractivity contribution is 5.24. The van der Waals surface area contributed by atoms with Crippen molar-refractivity contribution >= 4 is 0 Å². The number of hydrogen-bond acceptors (Lipinski definition) is 0. The van der Waals surface area contributed by atoms with Crippen LogP contribution in [0.3, 0.4) is 0 Å². The van der Waals surface area contributed by atoms with E-state index in [0.717, 1.165) is 5.56 Å². The zero-order valence-electron chi connectivity index (χ0n) is 12.8. The third-order valence-corrected chi connectivity index (χ3v) is 3.84. The number of benzene rings is 1. The Kier molecular flexibility index (Phi) is 9.49. The molecule has 0 amide bonds. The van der Waals surface area contributed by atoms with Crippen LogP contribution in [-0.4, -0.2) is 0 Å². The van der Waals surface area contributed by atoms with Gasteiger partial charge in [0.2, 0.25) is 0 Å². The van der Waals surface area contributed by atoms with E-state index in [2.05, 4.69) is 38.1 Å². The second-order valence-electron chi connectivity index (χ2n) is 5.75. The summed E-state index contributed by atoms with van der Waals surface area (Å²) in [5.41, 5.74) is 2.58. The molecule has 0 aromatic heterocycles.